The molecule has 2 atom stereocenters. The SMILES string of the molecule is BC(=O)[C@H](Cc1ccc(N2C(=O)N(C)C(C)=C(C)C2O)cc1)NC(=O)c1cc(F)c(NS(=O)(=O)c2ccc(C(=O)NC(C)(C)C)cc2)cc1F. The summed E-state index contributed by atoms with van der Waals surface area (Å²) in [5.74, 6) is -4.04. The quantitative estimate of drug-likeness (QED) is 0.235. The molecule has 0 bridgehead atoms. The second-order valence-corrected chi connectivity index (χ2v) is 14.7. The summed E-state index contributed by atoms with van der Waals surface area (Å²) in [6, 6.07) is 10.6. The van der Waals surface area contributed by atoms with Gasteiger partial charge in [-0.1, -0.05) is 12.1 Å². The number of aliphatic hydroxyl groups excluding tert-OH is 1. The van der Waals surface area contributed by atoms with Crippen molar-refractivity contribution >= 4 is 52.8 Å². The number of anilines is 2. The number of carbonyl (C=O) groups is 4. The molecule has 4 N–H and O–H groups in total. The van der Waals surface area contributed by atoms with Crippen LogP contribution in [0.3, 0.4) is 0 Å². The lowest BCUT2D eigenvalue weighted by atomic mass is 9.90. The third kappa shape index (κ3) is 8.37. The molecule has 1 unspecified atom stereocenters. The maximum atomic E-state index is 15.1. The Kier molecular flexibility index (Phi) is 10.9. The fourth-order valence-electron chi connectivity index (χ4n) is 5.07. The molecule has 4 amide bonds. The number of urea groups is 1. The van der Waals surface area contributed by atoms with Crippen LogP contribution in [0.25, 0.3) is 0 Å². The van der Waals surface area contributed by atoms with Crippen molar-refractivity contribution in [2.75, 3.05) is 16.7 Å². The lowest BCUT2D eigenvalue weighted by Crippen LogP contribution is -2.51. The largest absolute Gasteiger partial charge is 0.369 e. The zero-order chi connectivity index (χ0) is 37.3. The Labute approximate surface area is 290 Å². The lowest BCUT2D eigenvalue weighted by molar-refractivity contribution is -0.113. The van der Waals surface area contributed by atoms with Crippen LogP contribution >= 0.6 is 0 Å². The number of benzene rings is 3. The highest BCUT2D eigenvalue weighted by Crippen LogP contribution is 2.29. The van der Waals surface area contributed by atoms with E-state index in [4.69, 9.17) is 0 Å². The Balaban J connectivity index is 1.46. The summed E-state index contributed by atoms with van der Waals surface area (Å²) in [7, 11) is -1.62. The van der Waals surface area contributed by atoms with Gasteiger partial charge in [-0.2, -0.15) is 0 Å². The summed E-state index contributed by atoms with van der Waals surface area (Å²) in [4.78, 5) is 53.0. The molecule has 264 valence electrons. The van der Waals surface area contributed by atoms with Crippen molar-refractivity contribution in [1.29, 1.82) is 0 Å². The van der Waals surface area contributed by atoms with Crippen molar-refractivity contribution in [1.82, 2.24) is 15.5 Å². The first-order valence-electron chi connectivity index (χ1n) is 15.5. The molecule has 1 heterocycles. The Morgan fingerprint density at radius 2 is 1.56 bits per heavy atom. The van der Waals surface area contributed by atoms with Crippen LogP contribution in [0.15, 0.2) is 76.8 Å². The van der Waals surface area contributed by atoms with Gasteiger partial charge in [-0.05, 0) is 94.6 Å². The van der Waals surface area contributed by atoms with Crippen LogP contribution < -0.4 is 20.3 Å². The Morgan fingerprint density at radius 1 is 0.960 bits per heavy atom. The summed E-state index contributed by atoms with van der Waals surface area (Å²) in [6.45, 7) is 8.79. The minimum Gasteiger partial charge on any atom is -0.369 e. The molecule has 16 heteroatoms. The van der Waals surface area contributed by atoms with Crippen molar-refractivity contribution in [3.05, 3.63) is 100 Å². The van der Waals surface area contributed by atoms with E-state index in [1.807, 2.05) is 4.72 Å². The number of amides is 4. The number of sulfonamides is 1. The predicted octanol–water partition coefficient (Wildman–Crippen LogP) is 3.28. The van der Waals surface area contributed by atoms with E-state index >= 15 is 8.78 Å². The van der Waals surface area contributed by atoms with E-state index < -0.39 is 74.2 Å². The van der Waals surface area contributed by atoms with E-state index in [2.05, 4.69) is 10.6 Å². The normalized spacial score (nSPS) is 15.9. The molecular weight excluding hydrogens is 671 g/mol. The number of aliphatic hydroxyl groups is 1. The van der Waals surface area contributed by atoms with Crippen LogP contribution in [-0.2, 0) is 21.2 Å². The smallest absolute Gasteiger partial charge is 0.330 e. The summed E-state index contributed by atoms with van der Waals surface area (Å²) in [5.41, 5.74) is -0.156. The van der Waals surface area contributed by atoms with Gasteiger partial charge in [0.15, 0.2) is 14.1 Å². The highest BCUT2D eigenvalue weighted by molar-refractivity contribution is 7.92. The zero-order valence-electron chi connectivity index (χ0n) is 28.6. The number of allylic oxidation sites excluding steroid dienone is 1. The van der Waals surface area contributed by atoms with Gasteiger partial charge >= 0.3 is 6.03 Å². The fourth-order valence-corrected chi connectivity index (χ4v) is 6.13. The van der Waals surface area contributed by atoms with E-state index in [0.717, 1.165) is 12.1 Å². The maximum Gasteiger partial charge on any atom is 0.330 e. The van der Waals surface area contributed by atoms with Crippen molar-refractivity contribution in [3.63, 3.8) is 0 Å². The molecule has 0 saturated heterocycles. The molecule has 0 radical (unpaired) electrons. The van der Waals surface area contributed by atoms with Gasteiger partial charge in [0.1, 0.15) is 17.3 Å². The second-order valence-electron chi connectivity index (χ2n) is 13.0. The van der Waals surface area contributed by atoms with Crippen molar-refractivity contribution < 1.29 is 41.5 Å². The molecule has 4 rings (SSSR count). The molecular formula is C34H38BF2N5O7S. The summed E-state index contributed by atoms with van der Waals surface area (Å²) < 4.78 is 58.0. The number of rotatable bonds is 10. The highest BCUT2D eigenvalue weighted by atomic mass is 32.2. The molecule has 0 fully saturated rings. The second kappa shape index (κ2) is 14.4. The number of hydrogen-bond acceptors (Lipinski definition) is 7. The molecule has 0 saturated carbocycles. The van der Waals surface area contributed by atoms with Gasteiger partial charge in [-0.15, -0.1) is 0 Å². The summed E-state index contributed by atoms with van der Waals surface area (Å²) in [5, 5.41) is 15.8. The van der Waals surface area contributed by atoms with Crippen LogP contribution in [0.4, 0.5) is 25.0 Å². The number of nitrogens with zero attached hydrogens (tertiary/aromatic N) is 2. The summed E-state index contributed by atoms with van der Waals surface area (Å²) in [6.07, 6.45) is -1.21. The minimum atomic E-state index is -4.43. The first kappa shape index (κ1) is 37.7. The van der Waals surface area contributed by atoms with Crippen molar-refractivity contribution in [2.24, 2.45) is 0 Å². The third-order valence-corrected chi connectivity index (χ3v) is 9.49. The van der Waals surface area contributed by atoms with Gasteiger partial charge < -0.3 is 25.4 Å². The average Bonchev–Trinajstić information content (AvgIpc) is 3.04. The molecule has 0 spiro atoms. The lowest BCUT2D eigenvalue weighted by Gasteiger charge is -2.38. The van der Waals surface area contributed by atoms with E-state index in [0.29, 0.717) is 34.7 Å². The zero-order valence-corrected chi connectivity index (χ0v) is 29.4. The number of halogens is 2. The monoisotopic (exact) mass is 709 g/mol. The van der Waals surface area contributed by atoms with Gasteiger partial charge in [0, 0.05) is 35.6 Å². The number of hydrogen-bond donors (Lipinski definition) is 4. The first-order valence-corrected chi connectivity index (χ1v) is 17.0. The molecule has 0 aromatic heterocycles. The Hall–Kier alpha value is -5.09. The molecule has 3 aromatic rings. The van der Waals surface area contributed by atoms with Gasteiger partial charge in [0.05, 0.1) is 22.2 Å². The van der Waals surface area contributed by atoms with Crippen LogP contribution in [0.5, 0.6) is 0 Å². The topological polar surface area (TPSA) is 165 Å². The van der Waals surface area contributed by atoms with Gasteiger partial charge in [-0.25, -0.2) is 22.0 Å². The molecule has 1 aliphatic heterocycles. The fraction of sp³-hybridized carbons (Fsp3) is 0.294. The predicted molar refractivity (Wildman–Crippen MR) is 186 cm³/mol. The van der Waals surface area contributed by atoms with E-state index in [1.165, 1.54) is 29.8 Å². The third-order valence-electron chi connectivity index (χ3n) is 8.11. The van der Waals surface area contributed by atoms with Crippen molar-refractivity contribution in [3.8, 4) is 0 Å². The first-order chi connectivity index (χ1) is 23.2. The van der Waals surface area contributed by atoms with E-state index in [-0.39, 0.29) is 16.9 Å². The highest BCUT2D eigenvalue weighted by Gasteiger charge is 2.34. The van der Waals surface area contributed by atoms with Crippen molar-refractivity contribution in [2.45, 2.75) is 63.7 Å². The molecule has 3 aromatic carbocycles. The Morgan fingerprint density at radius 3 is 2.12 bits per heavy atom. The van der Waals surface area contributed by atoms with Crippen LogP contribution in [-0.4, -0.2) is 74.7 Å². The maximum absolute atomic E-state index is 15.1. The molecule has 12 nitrogen and oxygen atoms in total. The number of nitrogens with one attached hydrogen (secondary N) is 3. The average molecular weight is 710 g/mol. The van der Waals surface area contributed by atoms with Gasteiger partial charge in [0.25, 0.3) is 21.8 Å². The van der Waals surface area contributed by atoms with Crippen LogP contribution in [0, 0.1) is 11.6 Å². The molecule has 0 aliphatic carbocycles. The van der Waals surface area contributed by atoms with E-state index in [1.54, 1.807) is 65.9 Å². The molecule has 1 aliphatic rings. The van der Waals surface area contributed by atoms with Crippen LogP contribution in [0.1, 0.15) is 60.9 Å². The minimum absolute atomic E-state index is 0.0333. The Bertz CT molecular complexity index is 1980. The van der Waals surface area contributed by atoms with Gasteiger partial charge in [0.2, 0.25) is 0 Å². The summed E-state index contributed by atoms with van der Waals surface area (Å²) >= 11 is 0. The van der Waals surface area contributed by atoms with E-state index in [9.17, 15) is 32.7 Å². The van der Waals surface area contributed by atoms with Gasteiger partial charge in [-0.3, -0.25) is 19.2 Å². The van der Waals surface area contributed by atoms with Crippen LogP contribution in [0.2, 0.25) is 0 Å². The standard InChI is InChI=1S/C34H38BF2N5O7S/c1-18-19(2)41(6)33(47)42(32(18)46)22-11-7-20(8-12-22)15-28(29(35)43)38-31(45)24-16-26(37)27(17-25(24)36)40-50(48,49)23-13-9-21(10-14-23)30(44)39-34(3,4)5/h7-14,16-17,28,32,40,46H,15,35H2,1-6H3,(H,38,45)(H,39,44)/t28-,32?/m0/s1. The number of carbonyl (C=O) groups excluding carboxylic acids is 4. The molecule has 50 heavy (non-hydrogen) atoms.